The first kappa shape index (κ1) is 10.8. The predicted molar refractivity (Wildman–Crippen MR) is 43.3 cm³/mol. The zero-order chi connectivity index (χ0) is 9.90. The molecule has 0 spiro atoms. The highest BCUT2D eigenvalue weighted by Gasteiger charge is 2.39. The second-order valence-electron chi connectivity index (χ2n) is 3.80. The molecule has 1 rings (SSSR count). The zero-order valence-corrected chi connectivity index (χ0v) is 7.48. The fraction of sp³-hybridized carbons (Fsp3) is 1.00. The van der Waals surface area contributed by atoms with Crippen molar-refractivity contribution in [3.63, 3.8) is 0 Å². The summed E-state index contributed by atoms with van der Waals surface area (Å²) in [6, 6.07) is 0. The van der Waals surface area contributed by atoms with E-state index in [0.717, 1.165) is 32.1 Å². The van der Waals surface area contributed by atoms with Crippen LogP contribution in [0, 0.1) is 5.92 Å². The van der Waals surface area contributed by atoms with Crippen molar-refractivity contribution < 1.29 is 18.3 Å². The van der Waals surface area contributed by atoms with Gasteiger partial charge in [-0.15, -0.1) is 0 Å². The van der Waals surface area contributed by atoms with Crippen LogP contribution in [0.4, 0.5) is 13.2 Å². The van der Waals surface area contributed by atoms with Crippen LogP contribution in [0.25, 0.3) is 0 Å². The molecule has 78 valence electrons. The van der Waals surface area contributed by atoms with Crippen molar-refractivity contribution in [3.05, 3.63) is 0 Å². The summed E-state index contributed by atoms with van der Waals surface area (Å²) in [5, 5.41) is 8.81. The predicted octanol–water partition coefficient (Wildman–Crippen LogP) is 2.88. The molecule has 1 fully saturated rings. The first-order valence-corrected chi connectivity index (χ1v) is 4.75. The van der Waals surface area contributed by atoms with Gasteiger partial charge in [-0.25, -0.2) is 0 Å². The highest BCUT2D eigenvalue weighted by atomic mass is 19.4. The van der Waals surface area contributed by atoms with Crippen LogP contribution in [0.1, 0.15) is 38.5 Å². The van der Waals surface area contributed by atoms with Crippen molar-refractivity contribution in [2.24, 2.45) is 5.92 Å². The molecular weight excluding hydrogens is 181 g/mol. The van der Waals surface area contributed by atoms with Crippen LogP contribution < -0.4 is 0 Å². The molecule has 1 nitrogen and oxygen atoms in total. The van der Waals surface area contributed by atoms with Crippen molar-refractivity contribution in [3.8, 4) is 0 Å². The van der Waals surface area contributed by atoms with E-state index in [1.165, 1.54) is 0 Å². The molecule has 1 aliphatic rings. The van der Waals surface area contributed by atoms with Crippen molar-refractivity contribution >= 4 is 0 Å². The number of hydrogen-bond acceptors (Lipinski definition) is 1. The van der Waals surface area contributed by atoms with Gasteiger partial charge in [0.15, 0.2) is 0 Å². The summed E-state index contributed by atoms with van der Waals surface area (Å²) in [6.07, 6.45) is -1.83. The summed E-state index contributed by atoms with van der Waals surface area (Å²) in [7, 11) is 0. The van der Waals surface area contributed by atoms with Gasteiger partial charge >= 0.3 is 6.18 Å². The number of hydrogen-bond donors (Lipinski definition) is 1. The normalized spacial score (nSPS) is 23.1. The molecule has 13 heavy (non-hydrogen) atoms. The van der Waals surface area contributed by atoms with E-state index in [9.17, 15) is 13.2 Å². The van der Waals surface area contributed by atoms with Crippen LogP contribution in [0.2, 0.25) is 0 Å². The van der Waals surface area contributed by atoms with E-state index in [1.807, 2.05) is 0 Å². The van der Waals surface area contributed by atoms with Gasteiger partial charge in [-0.3, -0.25) is 0 Å². The standard InChI is InChI=1S/C9H15F3O/c10-9(11,12)8(13)6-7-4-2-1-3-5-7/h7-8,13H,1-6H2/t8-/m0/s1. The molecule has 0 heterocycles. The summed E-state index contributed by atoms with van der Waals surface area (Å²) < 4.78 is 35.9. The van der Waals surface area contributed by atoms with Crippen molar-refractivity contribution in [2.75, 3.05) is 0 Å². The number of aliphatic hydroxyl groups excluding tert-OH is 1. The highest BCUT2D eigenvalue weighted by Crippen LogP contribution is 2.32. The van der Waals surface area contributed by atoms with E-state index < -0.39 is 12.3 Å². The van der Waals surface area contributed by atoms with Crippen LogP contribution in [-0.2, 0) is 0 Å². The second kappa shape index (κ2) is 4.31. The smallest absolute Gasteiger partial charge is 0.384 e. The number of halogens is 3. The Labute approximate surface area is 75.9 Å². The van der Waals surface area contributed by atoms with E-state index in [4.69, 9.17) is 5.11 Å². The van der Waals surface area contributed by atoms with Gasteiger partial charge in [-0.2, -0.15) is 13.2 Å². The lowest BCUT2D eigenvalue weighted by molar-refractivity contribution is -0.209. The third-order valence-electron chi connectivity index (χ3n) is 2.66. The number of alkyl halides is 3. The molecule has 0 saturated heterocycles. The van der Waals surface area contributed by atoms with Gasteiger partial charge in [0.25, 0.3) is 0 Å². The fourth-order valence-corrected chi connectivity index (χ4v) is 1.87. The van der Waals surface area contributed by atoms with Gasteiger partial charge in [-0.05, 0) is 12.3 Å². The second-order valence-corrected chi connectivity index (χ2v) is 3.80. The highest BCUT2D eigenvalue weighted by molar-refractivity contribution is 4.73. The lowest BCUT2D eigenvalue weighted by atomic mass is 9.85. The van der Waals surface area contributed by atoms with Gasteiger partial charge in [0.1, 0.15) is 6.10 Å². The first-order chi connectivity index (χ1) is 6.00. The fourth-order valence-electron chi connectivity index (χ4n) is 1.87. The van der Waals surface area contributed by atoms with E-state index in [1.54, 1.807) is 0 Å². The molecule has 0 aromatic heterocycles. The summed E-state index contributed by atoms with van der Waals surface area (Å²) in [6.45, 7) is 0. The minimum absolute atomic E-state index is 0.0744. The van der Waals surface area contributed by atoms with Crippen LogP contribution >= 0.6 is 0 Å². The molecule has 1 atom stereocenters. The molecule has 1 aliphatic carbocycles. The Morgan fingerprint density at radius 2 is 1.69 bits per heavy atom. The van der Waals surface area contributed by atoms with E-state index >= 15 is 0 Å². The van der Waals surface area contributed by atoms with Gasteiger partial charge in [0.05, 0.1) is 0 Å². The van der Waals surface area contributed by atoms with Crippen molar-refractivity contribution in [1.82, 2.24) is 0 Å². The summed E-state index contributed by atoms with van der Waals surface area (Å²) in [5.74, 6) is 0.0744. The summed E-state index contributed by atoms with van der Waals surface area (Å²) in [4.78, 5) is 0. The van der Waals surface area contributed by atoms with E-state index in [0.29, 0.717) is 0 Å². The van der Waals surface area contributed by atoms with Gasteiger partial charge in [-0.1, -0.05) is 32.1 Å². The average Bonchev–Trinajstić information content (AvgIpc) is 2.04. The molecule has 0 aromatic carbocycles. The summed E-state index contributed by atoms with van der Waals surface area (Å²) >= 11 is 0. The van der Waals surface area contributed by atoms with Crippen LogP contribution in [-0.4, -0.2) is 17.4 Å². The lowest BCUT2D eigenvalue weighted by Gasteiger charge is -2.24. The van der Waals surface area contributed by atoms with Crippen LogP contribution in [0.5, 0.6) is 0 Å². The molecule has 4 heteroatoms. The van der Waals surface area contributed by atoms with Crippen molar-refractivity contribution in [1.29, 1.82) is 0 Å². The zero-order valence-electron chi connectivity index (χ0n) is 7.48. The Morgan fingerprint density at radius 3 is 2.15 bits per heavy atom. The van der Waals surface area contributed by atoms with E-state index in [-0.39, 0.29) is 12.3 Å². The first-order valence-electron chi connectivity index (χ1n) is 4.75. The Kier molecular flexibility index (Phi) is 3.59. The molecule has 0 amide bonds. The monoisotopic (exact) mass is 196 g/mol. The SMILES string of the molecule is O[C@@H](CC1CCCCC1)C(F)(F)F. The van der Waals surface area contributed by atoms with Crippen molar-refractivity contribution in [2.45, 2.75) is 50.8 Å². The molecule has 0 radical (unpaired) electrons. The average molecular weight is 196 g/mol. The Hall–Kier alpha value is -0.250. The van der Waals surface area contributed by atoms with Crippen LogP contribution in [0.15, 0.2) is 0 Å². The topological polar surface area (TPSA) is 20.2 Å². The molecule has 0 bridgehead atoms. The number of rotatable bonds is 2. The Morgan fingerprint density at radius 1 is 1.15 bits per heavy atom. The van der Waals surface area contributed by atoms with Crippen LogP contribution in [0.3, 0.4) is 0 Å². The Balaban J connectivity index is 2.30. The number of aliphatic hydroxyl groups is 1. The maximum absolute atomic E-state index is 12.0. The molecule has 1 saturated carbocycles. The largest absolute Gasteiger partial charge is 0.414 e. The minimum Gasteiger partial charge on any atom is -0.384 e. The molecule has 0 aromatic rings. The lowest BCUT2D eigenvalue weighted by Crippen LogP contribution is -2.31. The molecule has 0 unspecified atom stereocenters. The quantitative estimate of drug-likeness (QED) is 0.720. The maximum atomic E-state index is 12.0. The molecule has 0 aliphatic heterocycles. The third-order valence-corrected chi connectivity index (χ3v) is 2.66. The van der Waals surface area contributed by atoms with Gasteiger partial charge in [0.2, 0.25) is 0 Å². The maximum Gasteiger partial charge on any atom is 0.414 e. The third kappa shape index (κ3) is 3.55. The van der Waals surface area contributed by atoms with Gasteiger partial charge in [0, 0.05) is 0 Å². The molecular formula is C9H15F3O. The Bertz CT molecular complexity index is 149. The van der Waals surface area contributed by atoms with Gasteiger partial charge < -0.3 is 5.11 Å². The summed E-state index contributed by atoms with van der Waals surface area (Å²) in [5.41, 5.74) is 0. The minimum atomic E-state index is -4.43. The molecule has 1 N–H and O–H groups in total. The van der Waals surface area contributed by atoms with E-state index in [2.05, 4.69) is 0 Å².